The number of nitrogens with zero attached hydrogens (tertiary/aromatic N) is 2. The molecule has 168 valence electrons. The van der Waals surface area contributed by atoms with Gasteiger partial charge in [-0.25, -0.2) is 4.79 Å². The Kier molecular flexibility index (Phi) is 6.78. The first-order valence-corrected chi connectivity index (χ1v) is 11.7. The lowest BCUT2D eigenvalue weighted by Crippen LogP contribution is -2.50. The van der Waals surface area contributed by atoms with Crippen molar-refractivity contribution in [2.75, 3.05) is 31.1 Å². The molecule has 0 aromatic heterocycles. The van der Waals surface area contributed by atoms with Crippen molar-refractivity contribution in [3.05, 3.63) is 29.8 Å². The molecule has 1 aromatic carbocycles. The Labute approximate surface area is 184 Å². The van der Waals surface area contributed by atoms with Crippen LogP contribution >= 0.6 is 0 Å². The molecule has 0 spiro atoms. The van der Waals surface area contributed by atoms with E-state index in [4.69, 9.17) is 4.74 Å². The first-order valence-electron chi connectivity index (χ1n) is 11.7. The number of likely N-dealkylation sites (tertiary alicyclic amines) is 1. The van der Waals surface area contributed by atoms with Gasteiger partial charge in [0, 0.05) is 37.3 Å². The van der Waals surface area contributed by atoms with Crippen molar-refractivity contribution in [3.63, 3.8) is 0 Å². The van der Waals surface area contributed by atoms with Gasteiger partial charge in [-0.15, -0.1) is 0 Å². The highest BCUT2D eigenvalue weighted by molar-refractivity contribution is 5.99. The summed E-state index contributed by atoms with van der Waals surface area (Å²) in [6.07, 6.45) is 5.55. The number of piperidine rings is 1. The molecule has 2 fully saturated rings. The van der Waals surface area contributed by atoms with E-state index in [2.05, 4.69) is 11.4 Å². The topological polar surface area (TPSA) is 79.0 Å². The fourth-order valence-electron chi connectivity index (χ4n) is 5.24. The lowest BCUT2D eigenvalue weighted by molar-refractivity contribution is -0.135. The molecule has 0 unspecified atom stereocenters. The predicted octanol–water partition coefficient (Wildman–Crippen LogP) is 3.12. The number of ether oxygens (including phenoxy) is 1. The van der Waals surface area contributed by atoms with E-state index >= 15 is 0 Å². The predicted molar refractivity (Wildman–Crippen MR) is 118 cm³/mol. The molecule has 2 atom stereocenters. The Morgan fingerprint density at radius 2 is 1.71 bits per heavy atom. The number of carbonyl (C=O) groups is 3. The number of fused-ring (bicyclic) bond motifs is 1. The average molecular weight is 428 g/mol. The molecule has 31 heavy (non-hydrogen) atoms. The molecule has 3 amide bonds. The van der Waals surface area contributed by atoms with E-state index in [-0.39, 0.29) is 35.8 Å². The molecule has 7 heteroatoms. The molecule has 4 rings (SSSR count). The number of hydrogen-bond acceptors (Lipinski definition) is 4. The molecular formula is C24H33N3O4. The number of benzene rings is 1. The minimum atomic E-state index is -0.281. The van der Waals surface area contributed by atoms with Gasteiger partial charge in [-0.2, -0.15) is 0 Å². The molecule has 1 saturated carbocycles. The first-order chi connectivity index (χ1) is 15.1. The third-order valence-corrected chi connectivity index (χ3v) is 6.94. The molecular weight excluding hydrogens is 394 g/mol. The molecule has 1 saturated heterocycles. The van der Waals surface area contributed by atoms with Crippen molar-refractivity contribution in [1.82, 2.24) is 10.2 Å². The minimum absolute atomic E-state index is 0.000108. The molecule has 2 heterocycles. The van der Waals surface area contributed by atoms with E-state index in [0.717, 1.165) is 50.6 Å². The van der Waals surface area contributed by atoms with Crippen LogP contribution in [0.1, 0.15) is 51.0 Å². The quantitative estimate of drug-likeness (QED) is 0.801. The summed E-state index contributed by atoms with van der Waals surface area (Å²) in [5.41, 5.74) is 2.21. The van der Waals surface area contributed by atoms with Gasteiger partial charge in [-0.3, -0.25) is 9.59 Å². The summed E-state index contributed by atoms with van der Waals surface area (Å²) in [4.78, 5) is 42.1. The van der Waals surface area contributed by atoms with Crippen LogP contribution in [0.15, 0.2) is 24.3 Å². The smallest absolute Gasteiger partial charge is 0.409 e. The molecule has 1 aromatic rings. The number of amides is 3. The van der Waals surface area contributed by atoms with Gasteiger partial charge in [-0.05, 0) is 50.7 Å². The van der Waals surface area contributed by atoms with Gasteiger partial charge in [-0.1, -0.05) is 31.0 Å². The maximum Gasteiger partial charge on any atom is 0.409 e. The highest BCUT2D eigenvalue weighted by atomic mass is 16.6. The third kappa shape index (κ3) is 4.70. The number of carbonyl (C=O) groups excluding carboxylic acids is 3. The van der Waals surface area contributed by atoms with Crippen LogP contribution in [0.25, 0.3) is 0 Å². The van der Waals surface area contributed by atoms with E-state index < -0.39 is 0 Å². The number of para-hydroxylation sites is 1. The number of nitrogens with one attached hydrogen (secondary N) is 1. The Bertz CT molecular complexity index is 819. The highest BCUT2D eigenvalue weighted by Crippen LogP contribution is 2.36. The second-order valence-corrected chi connectivity index (χ2v) is 8.83. The molecule has 2 aliphatic heterocycles. The van der Waals surface area contributed by atoms with Crippen LogP contribution in [0, 0.1) is 11.8 Å². The van der Waals surface area contributed by atoms with Crippen LogP contribution in [-0.2, 0) is 20.7 Å². The van der Waals surface area contributed by atoms with Crippen molar-refractivity contribution >= 4 is 23.6 Å². The number of hydrogen-bond donors (Lipinski definition) is 1. The minimum Gasteiger partial charge on any atom is -0.450 e. The maximum absolute atomic E-state index is 13.4. The summed E-state index contributed by atoms with van der Waals surface area (Å²) in [6.45, 7) is 4.04. The van der Waals surface area contributed by atoms with Gasteiger partial charge in [0.1, 0.15) is 0 Å². The van der Waals surface area contributed by atoms with Crippen molar-refractivity contribution in [1.29, 1.82) is 0 Å². The molecule has 3 aliphatic rings. The van der Waals surface area contributed by atoms with Gasteiger partial charge in [0.2, 0.25) is 11.8 Å². The zero-order valence-corrected chi connectivity index (χ0v) is 18.3. The van der Waals surface area contributed by atoms with Crippen LogP contribution in [0.2, 0.25) is 0 Å². The van der Waals surface area contributed by atoms with Crippen molar-refractivity contribution in [3.8, 4) is 0 Å². The molecule has 0 radical (unpaired) electrons. The van der Waals surface area contributed by atoms with Crippen molar-refractivity contribution in [2.45, 2.75) is 57.9 Å². The monoisotopic (exact) mass is 427 g/mol. The van der Waals surface area contributed by atoms with Crippen LogP contribution < -0.4 is 10.2 Å². The van der Waals surface area contributed by atoms with Crippen molar-refractivity contribution < 1.29 is 19.1 Å². The Morgan fingerprint density at radius 3 is 2.45 bits per heavy atom. The second kappa shape index (κ2) is 9.71. The van der Waals surface area contributed by atoms with E-state index in [9.17, 15) is 14.4 Å². The van der Waals surface area contributed by atoms with Crippen molar-refractivity contribution in [2.24, 2.45) is 11.8 Å². The normalized spacial score (nSPS) is 23.9. The standard InChI is InChI=1S/C24H33N3O4/c1-2-31-24(30)26-14-12-18(13-15-26)25-22(28)19-8-4-5-9-20(19)23(29)27-16-11-17-7-3-6-10-21(17)27/h3,6-7,10,18-20H,2,4-5,8-9,11-16H2,1H3,(H,25,28)/t19-,20-/m1/s1. The fraction of sp³-hybridized carbons (Fsp3) is 0.625. The molecule has 1 aliphatic carbocycles. The van der Waals surface area contributed by atoms with Gasteiger partial charge in [0.05, 0.1) is 12.5 Å². The van der Waals surface area contributed by atoms with Gasteiger partial charge < -0.3 is 19.9 Å². The first kappa shape index (κ1) is 21.7. The van der Waals surface area contributed by atoms with E-state index in [1.807, 2.05) is 23.1 Å². The van der Waals surface area contributed by atoms with Crippen LogP contribution in [0.4, 0.5) is 10.5 Å². The van der Waals surface area contributed by atoms with E-state index in [1.165, 1.54) is 5.56 Å². The van der Waals surface area contributed by atoms with Gasteiger partial charge in [0.25, 0.3) is 0 Å². The summed E-state index contributed by atoms with van der Waals surface area (Å²) >= 11 is 0. The summed E-state index contributed by atoms with van der Waals surface area (Å²) in [6, 6.07) is 8.12. The fourth-order valence-corrected chi connectivity index (χ4v) is 5.24. The molecule has 7 nitrogen and oxygen atoms in total. The zero-order valence-electron chi connectivity index (χ0n) is 18.3. The Hall–Kier alpha value is -2.57. The van der Waals surface area contributed by atoms with Crippen LogP contribution in [-0.4, -0.2) is 55.1 Å². The van der Waals surface area contributed by atoms with Crippen LogP contribution in [0.5, 0.6) is 0 Å². The van der Waals surface area contributed by atoms with E-state index in [0.29, 0.717) is 26.2 Å². The maximum atomic E-state index is 13.4. The number of anilines is 1. The van der Waals surface area contributed by atoms with Crippen LogP contribution in [0.3, 0.4) is 0 Å². The summed E-state index contributed by atoms with van der Waals surface area (Å²) < 4.78 is 5.06. The summed E-state index contributed by atoms with van der Waals surface area (Å²) in [5.74, 6) is -0.418. The summed E-state index contributed by atoms with van der Waals surface area (Å²) in [7, 11) is 0. The van der Waals surface area contributed by atoms with E-state index in [1.54, 1.807) is 11.8 Å². The lowest BCUT2D eigenvalue weighted by atomic mass is 9.77. The SMILES string of the molecule is CCOC(=O)N1CCC(NC(=O)[C@@H]2CCCC[C@H]2C(=O)N2CCc3ccccc32)CC1. The second-order valence-electron chi connectivity index (χ2n) is 8.83. The molecule has 1 N–H and O–H groups in total. The molecule has 0 bridgehead atoms. The lowest BCUT2D eigenvalue weighted by Gasteiger charge is -2.35. The third-order valence-electron chi connectivity index (χ3n) is 6.94. The van der Waals surface area contributed by atoms with Gasteiger partial charge in [0.15, 0.2) is 0 Å². The number of rotatable bonds is 4. The highest BCUT2D eigenvalue weighted by Gasteiger charge is 2.40. The largest absolute Gasteiger partial charge is 0.450 e. The van der Waals surface area contributed by atoms with Gasteiger partial charge >= 0.3 is 6.09 Å². The summed E-state index contributed by atoms with van der Waals surface area (Å²) in [5, 5.41) is 3.19. The average Bonchev–Trinajstić information content (AvgIpc) is 3.23. The zero-order chi connectivity index (χ0) is 21.8. The Morgan fingerprint density at radius 1 is 1.00 bits per heavy atom. The Balaban J connectivity index is 1.36.